The third kappa shape index (κ3) is 2.34. The minimum absolute atomic E-state index is 0.0647. The Hall–Kier alpha value is -2.18. The van der Waals surface area contributed by atoms with Crippen molar-refractivity contribution in [3.05, 3.63) is 53.4 Å². The number of hydrogen-bond donors (Lipinski definition) is 1. The number of nitrogens with zero attached hydrogens (tertiary/aromatic N) is 1. The van der Waals surface area contributed by atoms with Crippen LogP contribution in [0.4, 0.5) is 0 Å². The van der Waals surface area contributed by atoms with Crippen molar-refractivity contribution in [1.82, 2.24) is 10.3 Å². The Morgan fingerprint density at radius 3 is 2.91 bits per heavy atom. The van der Waals surface area contributed by atoms with Crippen molar-refractivity contribution < 1.29 is 12.8 Å². The van der Waals surface area contributed by atoms with Crippen molar-refractivity contribution in [3.8, 4) is 0 Å². The zero-order chi connectivity index (χ0) is 16.0. The van der Waals surface area contributed by atoms with Crippen molar-refractivity contribution in [1.29, 1.82) is 0 Å². The number of rotatable bonds is 2. The number of aryl methyl sites for hydroxylation is 1. The minimum atomic E-state index is -3.64. The monoisotopic (exact) mass is 328 g/mol. The van der Waals surface area contributed by atoms with E-state index < -0.39 is 9.84 Å². The first-order valence-corrected chi connectivity index (χ1v) is 8.98. The van der Waals surface area contributed by atoms with Crippen LogP contribution in [0.3, 0.4) is 0 Å². The van der Waals surface area contributed by atoms with Crippen molar-refractivity contribution in [2.45, 2.75) is 29.8 Å². The van der Waals surface area contributed by atoms with Crippen LogP contribution in [-0.2, 0) is 22.8 Å². The maximum Gasteiger partial charge on any atom is 0.223 e. The van der Waals surface area contributed by atoms with Gasteiger partial charge in [-0.05, 0) is 44.2 Å². The van der Waals surface area contributed by atoms with Crippen LogP contribution < -0.4 is 5.32 Å². The number of aromatic nitrogens is 1. The molecule has 0 fully saturated rings. The summed E-state index contributed by atoms with van der Waals surface area (Å²) in [5, 5.41) is 4.32. The molecule has 3 heterocycles. The SMILES string of the molecule is Cc1cccc(S(=O)(=O)c2ccc3c4c(oc3c2)CNCC4)n1. The van der Waals surface area contributed by atoms with Crippen LogP contribution in [0.1, 0.15) is 17.0 Å². The highest BCUT2D eigenvalue weighted by molar-refractivity contribution is 7.91. The first kappa shape index (κ1) is 14.4. The van der Waals surface area contributed by atoms with Gasteiger partial charge in [0.15, 0.2) is 5.03 Å². The molecule has 0 amide bonds. The molecular formula is C17H16N2O3S. The number of hydrogen-bond acceptors (Lipinski definition) is 5. The van der Waals surface area contributed by atoms with Crippen molar-refractivity contribution in [3.63, 3.8) is 0 Å². The molecule has 1 N–H and O–H groups in total. The molecule has 4 rings (SSSR count). The molecule has 0 saturated carbocycles. The second-order valence-electron chi connectivity index (χ2n) is 5.71. The quantitative estimate of drug-likeness (QED) is 0.783. The van der Waals surface area contributed by atoms with Gasteiger partial charge >= 0.3 is 0 Å². The smallest absolute Gasteiger partial charge is 0.223 e. The first-order valence-electron chi connectivity index (χ1n) is 7.49. The number of sulfone groups is 1. The molecule has 0 spiro atoms. The average molecular weight is 328 g/mol. The van der Waals surface area contributed by atoms with Crippen LogP contribution in [-0.4, -0.2) is 19.9 Å². The standard InChI is InChI=1S/C17H16N2O3S/c1-11-3-2-4-17(19-11)23(20,21)12-5-6-13-14-7-8-18-10-16(14)22-15(13)9-12/h2-6,9,18H,7-8,10H2,1H3. The van der Waals surface area contributed by atoms with E-state index in [0.717, 1.165) is 24.1 Å². The van der Waals surface area contributed by atoms with E-state index in [2.05, 4.69) is 10.3 Å². The number of furan rings is 1. The van der Waals surface area contributed by atoms with Gasteiger partial charge < -0.3 is 9.73 Å². The molecule has 1 aromatic carbocycles. The molecule has 3 aromatic rings. The molecular weight excluding hydrogens is 312 g/mol. The van der Waals surface area contributed by atoms with E-state index in [9.17, 15) is 8.42 Å². The van der Waals surface area contributed by atoms with Crippen LogP contribution in [0.15, 0.2) is 50.7 Å². The molecule has 0 radical (unpaired) electrons. The van der Waals surface area contributed by atoms with Crippen LogP contribution in [0.25, 0.3) is 11.0 Å². The summed E-state index contributed by atoms with van der Waals surface area (Å²) in [6, 6.07) is 10.1. The Morgan fingerprint density at radius 1 is 1.22 bits per heavy atom. The number of nitrogens with one attached hydrogen (secondary N) is 1. The van der Waals surface area contributed by atoms with Gasteiger partial charge in [-0.3, -0.25) is 0 Å². The summed E-state index contributed by atoms with van der Waals surface area (Å²) in [6.07, 6.45) is 0.897. The van der Waals surface area contributed by atoms with Gasteiger partial charge in [0.25, 0.3) is 0 Å². The van der Waals surface area contributed by atoms with Crippen molar-refractivity contribution in [2.75, 3.05) is 6.54 Å². The van der Waals surface area contributed by atoms with E-state index in [4.69, 9.17) is 4.42 Å². The normalized spacial score (nSPS) is 14.8. The zero-order valence-electron chi connectivity index (χ0n) is 12.7. The highest BCUT2D eigenvalue weighted by Gasteiger charge is 2.23. The lowest BCUT2D eigenvalue weighted by Gasteiger charge is -2.10. The Balaban J connectivity index is 1.86. The molecule has 5 nitrogen and oxygen atoms in total. The van der Waals surface area contributed by atoms with Gasteiger partial charge in [-0.15, -0.1) is 0 Å². The summed E-state index contributed by atoms with van der Waals surface area (Å²) in [7, 11) is -3.64. The van der Waals surface area contributed by atoms with E-state index in [0.29, 0.717) is 17.8 Å². The van der Waals surface area contributed by atoms with E-state index in [-0.39, 0.29) is 9.92 Å². The van der Waals surface area contributed by atoms with Gasteiger partial charge in [0, 0.05) is 22.7 Å². The van der Waals surface area contributed by atoms with E-state index >= 15 is 0 Å². The molecule has 0 saturated heterocycles. The third-order valence-corrected chi connectivity index (χ3v) is 5.79. The van der Waals surface area contributed by atoms with Crippen molar-refractivity contribution in [2.24, 2.45) is 0 Å². The fourth-order valence-electron chi connectivity index (χ4n) is 2.97. The molecule has 0 unspecified atom stereocenters. The van der Waals surface area contributed by atoms with Gasteiger partial charge in [-0.2, -0.15) is 0 Å². The van der Waals surface area contributed by atoms with E-state index in [1.165, 1.54) is 11.6 Å². The van der Waals surface area contributed by atoms with Gasteiger partial charge in [-0.1, -0.05) is 6.07 Å². The molecule has 0 atom stereocenters. The Kier molecular flexibility index (Phi) is 3.25. The maximum atomic E-state index is 12.8. The molecule has 0 bridgehead atoms. The van der Waals surface area contributed by atoms with Gasteiger partial charge in [-0.25, -0.2) is 13.4 Å². The van der Waals surface area contributed by atoms with E-state index in [1.54, 1.807) is 31.2 Å². The van der Waals surface area contributed by atoms with Crippen LogP contribution in [0, 0.1) is 6.92 Å². The molecule has 2 aromatic heterocycles. The van der Waals surface area contributed by atoms with Gasteiger partial charge in [0.1, 0.15) is 11.3 Å². The third-order valence-electron chi connectivity index (χ3n) is 4.13. The fourth-order valence-corrected chi connectivity index (χ4v) is 4.24. The van der Waals surface area contributed by atoms with Gasteiger partial charge in [0.2, 0.25) is 9.84 Å². The van der Waals surface area contributed by atoms with E-state index in [1.807, 2.05) is 6.07 Å². The van der Waals surface area contributed by atoms with Crippen LogP contribution >= 0.6 is 0 Å². The summed E-state index contributed by atoms with van der Waals surface area (Å²) in [5.41, 5.74) is 2.47. The summed E-state index contributed by atoms with van der Waals surface area (Å²) in [4.78, 5) is 4.35. The molecule has 23 heavy (non-hydrogen) atoms. The molecule has 6 heteroatoms. The molecule has 1 aliphatic heterocycles. The summed E-state index contributed by atoms with van der Waals surface area (Å²) in [6.45, 7) is 3.37. The number of pyridine rings is 1. The second kappa shape index (κ2) is 5.18. The van der Waals surface area contributed by atoms with Crippen molar-refractivity contribution >= 4 is 20.8 Å². The highest BCUT2D eigenvalue weighted by atomic mass is 32.2. The first-order chi connectivity index (χ1) is 11.1. The molecule has 0 aliphatic carbocycles. The predicted octanol–water partition coefficient (Wildman–Crippen LogP) is 2.61. The topological polar surface area (TPSA) is 72.2 Å². The minimum Gasteiger partial charge on any atom is -0.459 e. The zero-order valence-corrected chi connectivity index (χ0v) is 13.5. The fraction of sp³-hybridized carbons (Fsp3) is 0.235. The maximum absolute atomic E-state index is 12.8. The van der Waals surface area contributed by atoms with Crippen LogP contribution in [0.2, 0.25) is 0 Å². The highest BCUT2D eigenvalue weighted by Crippen LogP contribution is 2.31. The lowest BCUT2D eigenvalue weighted by Crippen LogP contribution is -2.22. The lowest BCUT2D eigenvalue weighted by atomic mass is 10.1. The Labute approximate surface area is 134 Å². The molecule has 1 aliphatic rings. The Morgan fingerprint density at radius 2 is 2.09 bits per heavy atom. The Bertz CT molecular complexity index is 1010. The summed E-state index contributed by atoms with van der Waals surface area (Å²) >= 11 is 0. The number of fused-ring (bicyclic) bond motifs is 3. The summed E-state index contributed by atoms with van der Waals surface area (Å²) in [5.74, 6) is 0.898. The second-order valence-corrected chi connectivity index (χ2v) is 7.61. The van der Waals surface area contributed by atoms with Crippen LogP contribution in [0.5, 0.6) is 0 Å². The molecule has 118 valence electrons. The van der Waals surface area contributed by atoms with Gasteiger partial charge in [0.05, 0.1) is 11.4 Å². The number of benzene rings is 1. The largest absolute Gasteiger partial charge is 0.459 e. The predicted molar refractivity (Wildman–Crippen MR) is 86.1 cm³/mol. The average Bonchev–Trinajstić information content (AvgIpc) is 2.92. The lowest BCUT2D eigenvalue weighted by molar-refractivity contribution is 0.487. The summed E-state index contributed by atoms with van der Waals surface area (Å²) < 4.78 is 31.4.